The van der Waals surface area contributed by atoms with Gasteiger partial charge in [-0.15, -0.1) is 17.0 Å². The van der Waals surface area contributed by atoms with Crippen LogP contribution in [0, 0.1) is 0 Å². The molecule has 0 heterocycles. The Hall–Kier alpha value is -0.250. The SMILES string of the molecule is Br.O=C(O)NC1CCCCC1. The molecule has 2 N–H and O–H groups in total. The number of halogens is 1. The van der Waals surface area contributed by atoms with Gasteiger partial charge in [0.05, 0.1) is 0 Å². The van der Waals surface area contributed by atoms with E-state index in [0.29, 0.717) is 0 Å². The lowest BCUT2D eigenvalue weighted by molar-refractivity contribution is 0.186. The molecule has 0 aliphatic heterocycles. The zero-order chi connectivity index (χ0) is 7.40. The molecule has 1 aliphatic carbocycles. The Kier molecular flexibility index (Phi) is 5.28. The molecule has 0 aromatic carbocycles. The van der Waals surface area contributed by atoms with Crippen molar-refractivity contribution in [3.63, 3.8) is 0 Å². The van der Waals surface area contributed by atoms with Crippen LogP contribution < -0.4 is 5.32 Å². The summed E-state index contributed by atoms with van der Waals surface area (Å²) in [6, 6.07) is 0.228. The molecule has 0 saturated heterocycles. The van der Waals surface area contributed by atoms with Crippen molar-refractivity contribution in [2.45, 2.75) is 38.1 Å². The molecule has 1 amide bonds. The molecule has 0 spiro atoms. The second-order valence-corrected chi connectivity index (χ2v) is 2.78. The van der Waals surface area contributed by atoms with Gasteiger partial charge in [0.15, 0.2) is 0 Å². The van der Waals surface area contributed by atoms with E-state index >= 15 is 0 Å². The highest BCUT2D eigenvalue weighted by molar-refractivity contribution is 8.93. The Morgan fingerprint density at radius 2 is 1.82 bits per heavy atom. The van der Waals surface area contributed by atoms with E-state index in [1.165, 1.54) is 19.3 Å². The first-order chi connectivity index (χ1) is 4.79. The van der Waals surface area contributed by atoms with E-state index in [1.54, 1.807) is 0 Å². The van der Waals surface area contributed by atoms with Crippen LogP contribution in [0.15, 0.2) is 0 Å². The van der Waals surface area contributed by atoms with Gasteiger partial charge in [-0.3, -0.25) is 0 Å². The first-order valence-electron chi connectivity index (χ1n) is 3.78. The number of hydrogen-bond acceptors (Lipinski definition) is 1. The largest absolute Gasteiger partial charge is 0.465 e. The fourth-order valence-corrected chi connectivity index (χ4v) is 1.42. The minimum absolute atomic E-state index is 0. The lowest BCUT2D eigenvalue weighted by Crippen LogP contribution is -2.34. The molecule has 66 valence electrons. The minimum atomic E-state index is -0.882. The summed E-state index contributed by atoms with van der Waals surface area (Å²) < 4.78 is 0. The highest BCUT2D eigenvalue weighted by Gasteiger charge is 2.14. The summed E-state index contributed by atoms with van der Waals surface area (Å²) >= 11 is 0. The van der Waals surface area contributed by atoms with Crippen molar-refractivity contribution in [1.29, 1.82) is 0 Å². The average molecular weight is 224 g/mol. The monoisotopic (exact) mass is 223 g/mol. The second kappa shape index (κ2) is 5.41. The number of nitrogens with one attached hydrogen (secondary N) is 1. The third kappa shape index (κ3) is 4.24. The van der Waals surface area contributed by atoms with Crippen molar-refractivity contribution in [3.05, 3.63) is 0 Å². The van der Waals surface area contributed by atoms with Crippen LogP contribution in [-0.4, -0.2) is 17.2 Å². The summed E-state index contributed by atoms with van der Waals surface area (Å²) in [4.78, 5) is 10.2. The van der Waals surface area contributed by atoms with E-state index in [1.807, 2.05) is 0 Å². The first kappa shape index (κ1) is 10.8. The minimum Gasteiger partial charge on any atom is -0.465 e. The van der Waals surface area contributed by atoms with Crippen molar-refractivity contribution in [3.8, 4) is 0 Å². The number of amides is 1. The second-order valence-electron chi connectivity index (χ2n) is 2.78. The van der Waals surface area contributed by atoms with Crippen LogP contribution in [-0.2, 0) is 0 Å². The molecule has 0 atom stereocenters. The molecule has 1 fully saturated rings. The Morgan fingerprint density at radius 1 is 1.27 bits per heavy atom. The van der Waals surface area contributed by atoms with Gasteiger partial charge in [-0.05, 0) is 12.8 Å². The van der Waals surface area contributed by atoms with Crippen molar-refractivity contribution < 1.29 is 9.90 Å². The zero-order valence-electron chi connectivity index (χ0n) is 6.38. The van der Waals surface area contributed by atoms with Crippen molar-refractivity contribution in [1.82, 2.24) is 5.32 Å². The lowest BCUT2D eigenvalue weighted by Gasteiger charge is -2.20. The molecule has 1 rings (SSSR count). The maximum atomic E-state index is 10.2. The molecule has 11 heavy (non-hydrogen) atoms. The van der Waals surface area contributed by atoms with Gasteiger partial charge in [0.2, 0.25) is 0 Å². The summed E-state index contributed by atoms with van der Waals surface area (Å²) in [6.45, 7) is 0. The molecule has 1 saturated carbocycles. The number of hydrogen-bond donors (Lipinski definition) is 2. The average Bonchev–Trinajstić information content (AvgIpc) is 1.88. The smallest absolute Gasteiger partial charge is 0.404 e. The number of carboxylic acid groups (broad SMARTS) is 1. The van der Waals surface area contributed by atoms with E-state index in [2.05, 4.69) is 5.32 Å². The molecule has 1 aliphatic rings. The van der Waals surface area contributed by atoms with Crippen molar-refractivity contribution in [2.24, 2.45) is 0 Å². The van der Waals surface area contributed by atoms with Gasteiger partial charge in [0.25, 0.3) is 0 Å². The van der Waals surface area contributed by atoms with Crippen LogP contribution in [0.1, 0.15) is 32.1 Å². The van der Waals surface area contributed by atoms with E-state index in [9.17, 15) is 4.79 Å². The van der Waals surface area contributed by atoms with Crippen LogP contribution in [0.4, 0.5) is 4.79 Å². The predicted octanol–water partition coefficient (Wildman–Crippen LogP) is 2.16. The van der Waals surface area contributed by atoms with E-state index < -0.39 is 6.09 Å². The van der Waals surface area contributed by atoms with Crippen LogP contribution in [0.5, 0.6) is 0 Å². The topological polar surface area (TPSA) is 49.3 Å². The van der Waals surface area contributed by atoms with Crippen LogP contribution in [0.2, 0.25) is 0 Å². The van der Waals surface area contributed by atoms with Gasteiger partial charge < -0.3 is 10.4 Å². The third-order valence-corrected chi connectivity index (χ3v) is 1.93. The maximum absolute atomic E-state index is 10.2. The number of carbonyl (C=O) groups is 1. The maximum Gasteiger partial charge on any atom is 0.404 e. The summed E-state index contributed by atoms with van der Waals surface area (Å²) in [6.07, 6.45) is 4.76. The quantitative estimate of drug-likeness (QED) is 0.717. The van der Waals surface area contributed by atoms with Gasteiger partial charge in [0, 0.05) is 6.04 Å². The van der Waals surface area contributed by atoms with Crippen LogP contribution in [0.25, 0.3) is 0 Å². The zero-order valence-corrected chi connectivity index (χ0v) is 8.09. The molecule has 4 heteroatoms. The molecule has 0 bridgehead atoms. The lowest BCUT2D eigenvalue weighted by atomic mass is 9.96. The molecule has 3 nitrogen and oxygen atoms in total. The predicted molar refractivity (Wildman–Crippen MR) is 48.4 cm³/mol. The van der Waals surface area contributed by atoms with Gasteiger partial charge in [-0.2, -0.15) is 0 Å². The van der Waals surface area contributed by atoms with E-state index in [-0.39, 0.29) is 23.0 Å². The van der Waals surface area contributed by atoms with Crippen molar-refractivity contribution in [2.75, 3.05) is 0 Å². The number of rotatable bonds is 1. The van der Waals surface area contributed by atoms with Crippen LogP contribution >= 0.6 is 17.0 Å². The molecular formula is C7H14BrNO2. The van der Waals surface area contributed by atoms with E-state index in [0.717, 1.165) is 12.8 Å². The molecule has 0 aromatic rings. The van der Waals surface area contributed by atoms with Gasteiger partial charge in [-0.1, -0.05) is 19.3 Å². The standard InChI is InChI=1S/C7H13NO2.BrH/c9-7(10)8-6-4-2-1-3-5-6;/h6,8H,1-5H2,(H,9,10);1H. The third-order valence-electron chi connectivity index (χ3n) is 1.93. The molecule has 0 unspecified atom stereocenters. The summed E-state index contributed by atoms with van der Waals surface area (Å²) in [7, 11) is 0. The fraction of sp³-hybridized carbons (Fsp3) is 0.857. The van der Waals surface area contributed by atoms with Gasteiger partial charge >= 0.3 is 6.09 Å². The Bertz CT molecular complexity index is 124. The van der Waals surface area contributed by atoms with Gasteiger partial charge in [0.1, 0.15) is 0 Å². The molecular weight excluding hydrogens is 210 g/mol. The van der Waals surface area contributed by atoms with Crippen LogP contribution in [0.3, 0.4) is 0 Å². The summed E-state index contributed by atoms with van der Waals surface area (Å²) in [5.74, 6) is 0. The molecule has 0 aromatic heterocycles. The summed E-state index contributed by atoms with van der Waals surface area (Å²) in [5.41, 5.74) is 0. The Balaban J connectivity index is 0.000001000. The van der Waals surface area contributed by atoms with E-state index in [4.69, 9.17) is 5.11 Å². The normalized spacial score (nSPS) is 18.5. The van der Waals surface area contributed by atoms with Gasteiger partial charge in [-0.25, -0.2) is 4.79 Å². The van der Waals surface area contributed by atoms with Crippen molar-refractivity contribution >= 4 is 23.1 Å². The fourth-order valence-electron chi connectivity index (χ4n) is 1.42. The Morgan fingerprint density at radius 3 is 2.27 bits per heavy atom. The summed E-state index contributed by atoms with van der Waals surface area (Å²) in [5, 5.41) is 10.9. The first-order valence-corrected chi connectivity index (χ1v) is 3.78. The highest BCUT2D eigenvalue weighted by Crippen LogP contribution is 2.16. The highest BCUT2D eigenvalue weighted by atomic mass is 79.9. The Labute approximate surface area is 76.9 Å². The molecule has 0 radical (unpaired) electrons.